The summed E-state index contributed by atoms with van der Waals surface area (Å²) in [5.74, 6) is 2.42. The van der Waals surface area contributed by atoms with Gasteiger partial charge in [0.15, 0.2) is 5.82 Å². The van der Waals surface area contributed by atoms with Crippen LogP contribution in [0.2, 0.25) is 0 Å². The number of aromatic carboxylic acids is 1. The highest BCUT2D eigenvalue weighted by Crippen LogP contribution is 2.09. The summed E-state index contributed by atoms with van der Waals surface area (Å²) in [6.07, 6.45) is 0.502. The summed E-state index contributed by atoms with van der Waals surface area (Å²) >= 11 is 0. The topological polar surface area (TPSA) is 88.5 Å². The largest absolute Gasteiger partial charge is 0.478 e. The van der Waals surface area contributed by atoms with Crippen LogP contribution in [0.4, 0.5) is 9.18 Å². The van der Waals surface area contributed by atoms with Crippen LogP contribution in [0.25, 0.3) is 0 Å². The summed E-state index contributed by atoms with van der Waals surface area (Å²) in [6.45, 7) is 5.08. The number of ether oxygens (including phenoxy) is 1. The molecule has 0 saturated carbocycles. The third kappa shape index (κ3) is 5.48. The Labute approximate surface area is 121 Å². The maximum absolute atomic E-state index is 13.7. The summed E-state index contributed by atoms with van der Waals surface area (Å²) < 4.78 is 18.7. The molecular formula is C14H15FN2O4. The van der Waals surface area contributed by atoms with Crippen molar-refractivity contribution in [3.8, 4) is 11.8 Å². The van der Waals surface area contributed by atoms with Crippen LogP contribution >= 0.6 is 0 Å². The average molecular weight is 294 g/mol. The number of hydrogen-bond donors (Lipinski definition) is 2. The van der Waals surface area contributed by atoms with Crippen molar-refractivity contribution in [1.29, 1.82) is 0 Å². The number of nitrogens with zero attached hydrogens (tertiary/aromatic N) is 1. The first-order valence-corrected chi connectivity index (χ1v) is 6.04. The number of alkyl carbamates (subject to hydrolysis) is 1. The van der Waals surface area contributed by atoms with E-state index in [1.807, 2.05) is 0 Å². The molecule has 1 aromatic heterocycles. The minimum atomic E-state index is -1.40. The summed E-state index contributed by atoms with van der Waals surface area (Å²) in [5, 5.41) is 11.1. The van der Waals surface area contributed by atoms with Gasteiger partial charge in [-0.25, -0.2) is 19.0 Å². The Balaban J connectivity index is 2.66. The van der Waals surface area contributed by atoms with Gasteiger partial charge in [-0.1, -0.05) is 5.92 Å². The number of carboxylic acid groups (broad SMARTS) is 1. The van der Waals surface area contributed by atoms with E-state index in [-0.39, 0.29) is 12.2 Å². The highest BCUT2D eigenvalue weighted by atomic mass is 19.1. The van der Waals surface area contributed by atoms with Crippen molar-refractivity contribution < 1.29 is 23.8 Å². The van der Waals surface area contributed by atoms with E-state index in [2.05, 4.69) is 22.1 Å². The Morgan fingerprint density at radius 2 is 2.14 bits per heavy atom. The molecule has 0 saturated heterocycles. The molecule has 0 unspecified atom stereocenters. The molecule has 1 aromatic rings. The third-order valence-corrected chi connectivity index (χ3v) is 2.05. The number of hydrogen-bond acceptors (Lipinski definition) is 4. The zero-order chi connectivity index (χ0) is 16.0. The van der Waals surface area contributed by atoms with Gasteiger partial charge < -0.3 is 15.2 Å². The molecule has 0 spiro atoms. The fourth-order valence-corrected chi connectivity index (χ4v) is 1.25. The molecule has 1 heterocycles. The first kappa shape index (κ1) is 16.4. The van der Waals surface area contributed by atoms with Crippen LogP contribution in [0.15, 0.2) is 12.3 Å². The second-order valence-corrected chi connectivity index (χ2v) is 4.98. The van der Waals surface area contributed by atoms with Crippen molar-refractivity contribution in [2.24, 2.45) is 0 Å². The van der Waals surface area contributed by atoms with Gasteiger partial charge in [0.1, 0.15) is 11.3 Å². The van der Waals surface area contributed by atoms with Gasteiger partial charge in [0.05, 0.1) is 12.1 Å². The number of nitrogens with one attached hydrogen (secondary N) is 1. The van der Waals surface area contributed by atoms with Crippen molar-refractivity contribution in [2.75, 3.05) is 6.54 Å². The molecular weight excluding hydrogens is 279 g/mol. The molecule has 0 radical (unpaired) electrons. The van der Waals surface area contributed by atoms with Crippen LogP contribution in [0.1, 0.15) is 36.8 Å². The zero-order valence-electron chi connectivity index (χ0n) is 11.9. The predicted molar refractivity (Wildman–Crippen MR) is 72.3 cm³/mol. The SMILES string of the molecule is CC(C)(C)OC(=O)NCC#Cc1nccc(C(=O)O)c1F. The minimum absolute atomic E-state index is 0.0761. The molecule has 0 aliphatic rings. The Bertz CT molecular complexity index is 612. The maximum Gasteiger partial charge on any atom is 0.408 e. The Hall–Kier alpha value is -2.62. The fourth-order valence-electron chi connectivity index (χ4n) is 1.25. The van der Waals surface area contributed by atoms with Crippen LogP contribution in [0.3, 0.4) is 0 Å². The van der Waals surface area contributed by atoms with Gasteiger partial charge in [-0.05, 0) is 32.8 Å². The van der Waals surface area contributed by atoms with Gasteiger partial charge in [0.25, 0.3) is 0 Å². The normalized spacial score (nSPS) is 10.3. The Morgan fingerprint density at radius 1 is 1.48 bits per heavy atom. The van der Waals surface area contributed by atoms with Crippen molar-refractivity contribution in [3.05, 3.63) is 29.3 Å². The quantitative estimate of drug-likeness (QED) is 0.812. The van der Waals surface area contributed by atoms with E-state index in [4.69, 9.17) is 9.84 Å². The standard InChI is InChI=1S/C14H15FN2O4/c1-14(2,3)21-13(20)17-7-4-5-10-11(15)9(12(18)19)6-8-16-10/h6,8H,7H2,1-3H3,(H,17,20)(H,18,19). The number of carboxylic acids is 1. The van der Waals surface area contributed by atoms with Gasteiger partial charge >= 0.3 is 12.1 Å². The first-order valence-electron chi connectivity index (χ1n) is 6.04. The van der Waals surface area contributed by atoms with E-state index in [0.29, 0.717) is 0 Å². The number of rotatable bonds is 2. The molecule has 1 rings (SSSR count). The second kappa shape index (κ2) is 6.70. The van der Waals surface area contributed by atoms with E-state index in [9.17, 15) is 14.0 Å². The number of aromatic nitrogens is 1. The van der Waals surface area contributed by atoms with Gasteiger partial charge in [-0.15, -0.1) is 0 Å². The molecule has 0 bridgehead atoms. The van der Waals surface area contributed by atoms with Crippen molar-refractivity contribution in [1.82, 2.24) is 10.3 Å². The molecule has 0 fully saturated rings. The maximum atomic E-state index is 13.7. The summed E-state index contributed by atoms with van der Waals surface area (Å²) in [7, 11) is 0. The number of carbonyl (C=O) groups is 2. The van der Waals surface area contributed by atoms with Gasteiger partial charge in [-0.3, -0.25) is 0 Å². The van der Waals surface area contributed by atoms with E-state index in [1.54, 1.807) is 20.8 Å². The lowest BCUT2D eigenvalue weighted by Crippen LogP contribution is -2.32. The van der Waals surface area contributed by atoms with Crippen molar-refractivity contribution in [3.63, 3.8) is 0 Å². The van der Waals surface area contributed by atoms with Gasteiger partial charge in [0.2, 0.25) is 0 Å². The molecule has 0 aliphatic heterocycles. The summed E-state index contributed by atoms with van der Waals surface area (Å²) in [4.78, 5) is 25.7. The Morgan fingerprint density at radius 3 is 2.71 bits per heavy atom. The van der Waals surface area contributed by atoms with Crippen LogP contribution in [-0.4, -0.2) is 34.3 Å². The fraction of sp³-hybridized carbons (Fsp3) is 0.357. The molecule has 7 heteroatoms. The zero-order valence-corrected chi connectivity index (χ0v) is 11.9. The monoisotopic (exact) mass is 294 g/mol. The summed E-state index contributed by atoms with van der Waals surface area (Å²) in [5.41, 5.74) is -1.42. The van der Waals surface area contributed by atoms with Crippen LogP contribution in [0.5, 0.6) is 0 Å². The number of pyridine rings is 1. The summed E-state index contributed by atoms with van der Waals surface area (Å²) in [6, 6.07) is 1.04. The molecule has 1 amide bonds. The first-order chi connectivity index (χ1) is 9.70. The van der Waals surface area contributed by atoms with E-state index in [0.717, 1.165) is 12.3 Å². The average Bonchev–Trinajstić information content (AvgIpc) is 2.33. The molecule has 21 heavy (non-hydrogen) atoms. The van der Waals surface area contributed by atoms with Crippen LogP contribution in [0, 0.1) is 17.7 Å². The van der Waals surface area contributed by atoms with E-state index in [1.165, 1.54) is 0 Å². The van der Waals surface area contributed by atoms with E-state index >= 15 is 0 Å². The molecule has 0 atom stereocenters. The number of halogens is 1. The molecule has 112 valence electrons. The predicted octanol–water partition coefficient (Wildman–Crippen LogP) is 1.80. The lowest BCUT2D eigenvalue weighted by Gasteiger charge is -2.18. The second-order valence-electron chi connectivity index (χ2n) is 4.98. The van der Waals surface area contributed by atoms with Gasteiger partial charge in [0, 0.05) is 6.20 Å². The van der Waals surface area contributed by atoms with Crippen molar-refractivity contribution in [2.45, 2.75) is 26.4 Å². The lowest BCUT2D eigenvalue weighted by molar-refractivity contribution is 0.0534. The number of carbonyl (C=O) groups excluding carboxylic acids is 1. The molecule has 6 nitrogen and oxygen atoms in total. The smallest absolute Gasteiger partial charge is 0.408 e. The molecule has 2 N–H and O–H groups in total. The lowest BCUT2D eigenvalue weighted by atomic mass is 10.2. The van der Waals surface area contributed by atoms with E-state index < -0.39 is 29.0 Å². The third-order valence-electron chi connectivity index (χ3n) is 2.05. The van der Waals surface area contributed by atoms with Crippen molar-refractivity contribution >= 4 is 12.1 Å². The Kier molecular flexibility index (Phi) is 5.24. The van der Waals surface area contributed by atoms with Crippen LogP contribution in [-0.2, 0) is 4.74 Å². The highest BCUT2D eigenvalue weighted by Gasteiger charge is 2.15. The van der Waals surface area contributed by atoms with Gasteiger partial charge in [-0.2, -0.15) is 0 Å². The highest BCUT2D eigenvalue weighted by molar-refractivity contribution is 5.88. The molecule has 0 aromatic carbocycles. The van der Waals surface area contributed by atoms with Crippen LogP contribution < -0.4 is 5.32 Å². The molecule has 0 aliphatic carbocycles. The minimum Gasteiger partial charge on any atom is -0.478 e. The number of amides is 1.